The normalized spacial score (nSPS) is 24.7. The number of benzene rings is 1. The van der Waals surface area contributed by atoms with Crippen molar-refractivity contribution in [2.24, 2.45) is 5.92 Å². The molecular formula is C15H21NO2. The summed E-state index contributed by atoms with van der Waals surface area (Å²) in [5.41, 5.74) is 1.35. The monoisotopic (exact) mass is 247 g/mol. The quantitative estimate of drug-likeness (QED) is 0.801. The van der Waals surface area contributed by atoms with Crippen molar-refractivity contribution in [3.8, 4) is 11.5 Å². The van der Waals surface area contributed by atoms with Crippen LogP contribution >= 0.6 is 0 Å². The van der Waals surface area contributed by atoms with Gasteiger partial charge in [-0.15, -0.1) is 0 Å². The molecule has 3 nitrogen and oxygen atoms in total. The van der Waals surface area contributed by atoms with Crippen molar-refractivity contribution >= 4 is 0 Å². The summed E-state index contributed by atoms with van der Waals surface area (Å²) in [7, 11) is 3.93. The summed E-state index contributed by atoms with van der Waals surface area (Å²) in [6.45, 7) is 3.26. The molecule has 0 saturated carbocycles. The van der Waals surface area contributed by atoms with Gasteiger partial charge in [0.2, 0.25) is 0 Å². The Balaban J connectivity index is 1.81. The van der Waals surface area contributed by atoms with Crippen molar-refractivity contribution in [1.82, 2.24) is 4.90 Å². The molecule has 0 bridgehead atoms. The number of hydrogen-bond donors (Lipinski definition) is 0. The molecule has 2 aliphatic rings. The van der Waals surface area contributed by atoms with E-state index in [1.54, 1.807) is 7.11 Å². The third-order valence-corrected chi connectivity index (χ3v) is 4.37. The molecule has 98 valence electrons. The zero-order chi connectivity index (χ0) is 12.5. The summed E-state index contributed by atoms with van der Waals surface area (Å²) in [6, 6.07) is 6.18. The van der Waals surface area contributed by atoms with Gasteiger partial charge in [0.05, 0.1) is 13.7 Å². The first-order chi connectivity index (χ1) is 8.78. The van der Waals surface area contributed by atoms with Crippen LogP contribution in [0.4, 0.5) is 0 Å². The second kappa shape index (κ2) is 4.81. The molecule has 18 heavy (non-hydrogen) atoms. The first-order valence-electron chi connectivity index (χ1n) is 6.77. The highest BCUT2D eigenvalue weighted by Gasteiger charge is 2.33. The van der Waals surface area contributed by atoms with Crippen LogP contribution < -0.4 is 9.47 Å². The van der Waals surface area contributed by atoms with Crippen molar-refractivity contribution in [1.29, 1.82) is 0 Å². The van der Waals surface area contributed by atoms with Crippen LogP contribution in [0.3, 0.4) is 0 Å². The molecule has 3 heteroatoms. The van der Waals surface area contributed by atoms with E-state index in [4.69, 9.17) is 9.47 Å². The second-order valence-corrected chi connectivity index (χ2v) is 5.46. The lowest BCUT2D eigenvalue weighted by Crippen LogP contribution is -2.33. The molecule has 0 N–H and O–H groups in total. The molecule has 1 atom stereocenters. The molecule has 3 rings (SSSR count). The number of rotatable bonds is 2. The summed E-state index contributed by atoms with van der Waals surface area (Å²) in [4.78, 5) is 2.42. The molecule has 2 aliphatic heterocycles. The van der Waals surface area contributed by atoms with Crippen molar-refractivity contribution in [2.75, 3.05) is 33.9 Å². The smallest absolute Gasteiger partial charge is 0.123 e. The third-order valence-electron chi connectivity index (χ3n) is 4.37. The van der Waals surface area contributed by atoms with Gasteiger partial charge in [0, 0.05) is 11.5 Å². The van der Waals surface area contributed by atoms with Gasteiger partial charge in [-0.25, -0.2) is 0 Å². The van der Waals surface area contributed by atoms with Gasteiger partial charge < -0.3 is 14.4 Å². The average molecular weight is 247 g/mol. The Hall–Kier alpha value is -1.22. The number of piperidine rings is 1. The van der Waals surface area contributed by atoms with Crippen LogP contribution in [-0.2, 0) is 0 Å². The molecule has 2 heterocycles. The van der Waals surface area contributed by atoms with E-state index in [-0.39, 0.29) is 0 Å². The Morgan fingerprint density at radius 2 is 2.06 bits per heavy atom. The van der Waals surface area contributed by atoms with Gasteiger partial charge in [-0.05, 0) is 57.1 Å². The topological polar surface area (TPSA) is 21.7 Å². The predicted octanol–water partition coefficient (Wildman–Crippen LogP) is 2.51. The number of methoxy groups -OCH3 is 1. The van der Waals surface area contributed by atoms with Gasteiger partial charge in [-0.1, -0.05) is 0 Å². The number of nitrogens with zero attached hydrogens (tertiary/aromatic N) is 1. The zero-order valence-electron chi connectivity index (χ0n) is 11.2. The van der Waals surface area contributed by atoms with E-state index in [0.717, 1.165) is 24.0 Å². The van der Waals surface area contributed by atoms with E-state index in [0.29, 0.717) is 5.92 Å². The molecule has 1 fully saturated rings. The molecule has 0 spiro atoms. The van der Waals surface area contributed by atoms with Crippen LogP contribution in [0.1, 0.15) is 24.3 Å². The van der Waals surface area contributed by atoms with E-state index in [1.165, 1.54) is 31.5 Å². The molecule has 1 aromatic rings. The van der Waals surface area contributed by atoms with Crippen molar-refractivity contribution < 1.29 is 9.47 Å². The van der Waals surface area contributed by atoms with Gasteiger partial charge in [0.1, 0.15) is 11.5 Å². The molecule has 0 aromatic heterocycles. The highest BCUT2D eigenvalue weighted by molar-refractivity contribution is 5.45. The number of fused-ring (bicyclic) bond motifs is 1. The highest BCUT2D eigenvalue weighted by Crippen LogP contribution is 2.43. The lowest BCUT2D eigenvalue weighted by molar-refractivity contribution is 0.182. The maximum Gasteiger partial charge on any atom is 0.123 e. The summed E-state index contributed by atoms with van der Waals surface area (Å²) in [6.07, 6.45) is 2.56. The predicted molar refractivity (Wildman–Crippen MR) is 71.5 cm³/mol. The van der Waals surface area contributed by atoms with Crippen molar-refractivity contribution in [3.63, 3.8) is 0 Å². The van der Waals surface area contributed by atoms with Crippen molar-refractivity contribution in [3.05, 3.63) is 23.8 Å². The van der Waals surface area contributed by atoms with Gasteiger partial charge in [0.15, 0.2) is 0 Å². The summed E-state index contributed by atoms with van der Waals surface area (Å²) in [5, 5.41) is 0. The molecule has 0 amide bonds. The largest absolute Gasteiger partial charge is 0.497 e. The summed E-state index contributed by atoms with van der Waals surface area (Å²) in [5.74, 6) is 3.32. The molecule has 1 saturated heterocycles. The van der Waals surface area contributed by atoms with Crippen molar-refractivity contribution in [2.45, 2.75) is 18.8 Å². The van der Waals surface area contributed by atoms with Gasteiger partial charge >= 0.3 is 0 Å². The number of hydrogen-bond acceptors (Lipinski definition) is 3. The summed E-state index contributed by atoms with van der Waals surface area (Å²) < 4.78 is 11.1. The second-order valence-electron chi connectivity index (χ2n) is 5.46. The Morgan fingerprint density at radius 1 is 1.28 bits per heavy atom. The maximum atomic E-state index is 5.82. The lowest BCUT2D eigenvalue weighted by Gasteiger charge is -2.32. The van der Waals surface area contributed by atoms with Gasteiger partial charge in [-0.3, -0.25) is 0 Å². The van der Waals surface area contributed by atoms with Crippen LogP contribution in [0.5, 0.6) is 11.5 Å². The summed E-state index contributed by atoms with van der Waals surface area (Å²) >= 11 is 0. The van der Waals surface area contributed by atoms with E-state index >= 15 is 0 Å². The van der Waals surface area contributed by atoms with Crippen LogP contribution in [0.25, 0.3) is 0 Å². The fourth-order valence-corrected chi connectivity index (χ4v) is 3.17. The molecule has 1 aromatic carbocycles. The van der Waals surface area contributed by atoms with Crippen LogP contribution in [0.2, 0.25) is 0 Å². The SMILES string of the molecule is COc1ccc2c(c1)C(C1CCN(C)CC1)CO2. The standard InChI is InChI=1S/C15H21NO2/c1-16-7-5-11(6-8-16)14-10-18-15-4-3-12(17-2)9-13(14)15/h3-4,9,11,14H,5-8,10H2,1-2H3. The average Bonchev–Trinajstić information content (AvgIpc) is 2.82. The maximum absolute atomic E-state index is 5.82. The minimum Gasteiger partial charge on any atom is -0.497 e. The Bertz CT molecular complexity index is 425. The first kappa shape index (κ1) is 11.8. The molecule has 1 unspecified atom stereocenters. The van der Waals surface area contributed by atoms with E-state index in [1.807, 2.05) is 12.1 Å². The fraction of sp³-hybridized carbons (Fsp3) is 0.600. The Labute approximate surface area is 109 Å². The van der Waals surface area contributed by atoms with E-state index < -0.39 is 0 Å². The minimum absolute atomic E-state index is 0.559. The molecular weight excluding hydrogens is 226 g/mol. The van der Waals surface area contributed by atoms with E-state index in [9.17, 15) is 0 Å². The highest BCUT2D eigenvalue weighted by atomic mass is 16.5. The Morgan fingerprint density at radius 3 is 2.78 bits per heavy atom. The first-order valence-corrected chi connectivity index (χ1v) is 6.77. The lowest BCUT2D eigenvalue weighted by atomic mass is 9.81. The molecule has 0 aliphatic carbocycles. The van der Waals surface area contributed by atoms with Crippen LogP contribution in [0.15, 0.2) is 18.2 Å². The minimum atomic E-state index is 0.559. The fourth-order valence-electron chi connectivity index (χ4n) is 3.17. The van der Waals surface area contributed by atoms with Crippen LogP contribution in [0, 0.1) is 5.92 Å². The van der Waals surface area contributed by atoms with Crippen LogP contribution in [-0.4, -0.2) is 38.8 Å². The molecule has 0 radical (unpaired) electrons. The third kappa shape index (κ3) is 2.07. The van der Waals surface area contributed by atoms with E-state index in [2.05, 4.69) is 18.0 Å². The Kier molecular flexibility index (Phi) is 3.16. The zero-order valence-corrected chi connectivity index (χ0v) is 11.2. The van der Waals surface area contributed by atoms with Gasteiger partial charge in [0.25, 0.3) is 0 Å². The number of ether oxygens (including phenoxy) is 2. The van der Waals surface area contributed by atoms with Gasteiger partial charge in [-0.2, -0.15) is 0 Å². The number of likely N-dealkylation sites (tertiary alicyclic amines) is 1.